The summed E-state index contributed by atoms with van der Waals surface area (Å²) in [6, 6.07) is 0. The van der Waals surface area contributed by atoms with Gasteiger partial charge in [0.15, 0.2) is 35.4 Å². The van der Waals surface area contributed by atoms with Gasteiger partial charge in [0.1, 0.15) is 19.0 Å². The number of imidazole rings is 1. The molecule has 2 fully saturated rings. The van der Waals surface area contributed by atoms with E-state index in [4.69, 9.17) is 35.3 Å². The third-order valence-corrected chi connectivity index (χ3v) is 7.07. The zero-order chi connectivity index (χ0) is 26.6. The number of carbonyl (C=O) groups is 3. The van der Waals surface area contributed by atoms with Gasteiger partial charge in [0.2, 0.25) is 12.7 Å². The lowest BCUT2D eigenvalue weighted by molar-refractivity contribution is -0.159. The molecule has 2 aromatic rings. The highest BCUT2D eigenvalue weighted by molar-refractivity contribution is 7.85. The van der Waals surface area contributed by atoms with Crippen LogP contribution in [0.2, 0.25) is 0 Å². The smallest absolute Gasteiger partial charge is 0.454 e. The highest BCUT2D eigenvalue weighted by Crippen LogP contribution is 2.63. The number of nitrogens with one attached hydrogen (secondary N) is 1. The predicted octanol–water partition coefficient (Wildman–Crippen LogP) is 1.97. The van der Waals surface area contributed by atoms with Gasteiger partial charge in [0.25, 0.3) is 0 Å². The Morgan fingerprint density at radius 1 is 1.22 bits per heavy atom. The van der Waals surface area contributed by atoms with E-state index < -0.39 is 51.1 Å². The summed E-state index contributed by atoms with van der Waals surface area (Å²) in [6.45, 7) is 4.49. The van der Waals surface area contributed by atoms with E-state index in [9.17, 15) is 14.4 Å². The lowest BCUT2D eigenvalue weighted by atomic mass is 10.1. The first-order chi connectivity index (χ1) is 17.7. The molecule has 0 aliphatic carbocycles. The highest BCUT2D eigenvalue weighted by atomic mass is 31.2. The number of hydrogen-bond donors (Lipinski definition) is 1. The van der Waals surface area contributed by atoms with E-state index in [1.807, 2.05) is 13.8 Å². The van der Waals surface area contributed by atoms with Gasteiger partial charge in [-0.25, -0.2) is 15.0 Å². The normalized spacial score (nSPS) is 27.0. The van der Waals surface area contributed by atoms with Crippen molar-refractivity contribution in [2.75, 3.05) is 18.7 Å². The summed E-state index contributed by atoms with van der Waals surface area (Å²) in [4.78, 5) is 48.5. The second-order valence-corrected chi connectivity index (χ2v) is 10.2. The van der Waals surface area contributed by atoms with Crippen LogP contribution in [0.5, 0.6) is 0 Å². The molecule has 1 N–H and O–H groups in total. The minimum Gasteiger partial charge on any atom is -0.454 e. The molecule has 4 heterocycles. The van der Waals surface area contributed by atoms with Crippen molar-refractivity contribution in [1.82, 2.24) is 19.5 Å². The van der Waals surface area contributed by atoms with Gasteiger partial charge in [-0.05, 0) is 12.8 Å². The average molecular weight is 536 g/mol. The molecule has 1 unspecified atom stereocenters. The number of amides is 1. The molecule has 2 aliphatic heterocycles. The first-order valence-corrected chi connectivity index (χ1v) is 13.5. The molecule has 2 saturated heterocycles. The summed E-state index contributed by atoms with van der Waals surface area (Å²) in [5, 5.41) is 2.74. The van der Waals surface area contributed by atoms with Crippen LogP contribution in [0.1, 0.15) is 52.7 Å². The van der Waals surface area contributed by atoms with Crippen molar-refractivity contribution in [3.63, 3.8) is 0 Å². The number of aromatic nitrogens is 4. The molecule has 5 atom stereocenters. The standard InChI is InChI=1S/C21H28BN5O9P/c1-4-6-14(29)26-19-16-20(24-9-23-19)27(10-25-16)21-18(35-15(30)7-5-2)17-13(34-21)8-32-37(22,36-17)33-11-31-12(3)28/h9-10,13,17-18,21H,4-8,11H2,1-3H3,(H,23,24,26,29)/q+1/t13-,17+,18+,21-,37?/m1/s1. The van der Waals surface area contributed by atoms with E-state index in [2.05, 4.69) is 20.3 Å². The third kappa shape index (κ3) is 6.24. The maximum atomic E-state index is 12.5. The van der Waals surface area contributed by atoms with Crippen molar-refractivity contribution in [3.8, 4) is 0 Å². The highest BCUT2D eigenvalue weighted by Gasteiger charge is 2.60. The molecule has 2 radical (unpaired) electrons. The van der Waals surface area contributed by atoms with Crippen molar-refractivity contribution in [2.24, 2.45) is 0 Å². The van der Waals surface area contributed by atoms with Crippen LogP contribution in [0.15, 0.2) is 12.7 Å². The summed E-state index contributed by atoms with van der Waals surface area (Å²) in [5.41, 5.74) is 0.689. The molecule has 0 bridgehead atoms. The van der Waals surface area contributed by atoms with Gasteiger partial charge in [0.05, 0.1) is 6.33 Å². The van der Waals surface area contributed by atoms with E-state index in [-0.39, 0.29) is 24.8 Å². The lowest BCUT2D eigenvalue weighted by Crippen LogP contribution is -2.43. The maximum absolute atomic E-state index is 12.5. The molecule has 0 aromatic carbocycles. The summed E-state index contributed by atoms with van der Waals surface area (Å²) in [5.74, 6) is -0.960. The molecule has 16 heteroatoms. The summed E-state index contributed by atoms with van der Waals surface area (Å²) < 4.78 is 35.2. The van der Waals surface area contributed by atoms with Gasteiger partial charge in [-0.1, -0.05) is 13.8 Å². The number of hydrogen-bond acceptors (Lipinski definition) is 12. The summed E-state index contributed by atoms with van der Waals surface area (Å²) in [6.07, 6.45) is 1.14. The molecule has 2 aliphatic rings. The monoisotopic (exact) mass is 536 g/mol. The molecule has 0 saturated carbocycles. The van der Waals surface area contributed by atoms with Gasteiger partial charge < -0.3 is 19.5 Å². The number of rotatable bonds is 10. The number of esters is 2. The second kappa shape index (κ2) is 11.8. The number of anilines is 1. The van der Waals surface area contributed by atoms with Crippen molar-refractivity contribution in [3.05, 3.63) is 12.7 Å². The molecule has 37 heavy (non-hydrogen) atoms. The Hall–Kier alpha value is -2.71. The van der Waals surface area contributed by atoms with Crippen LogP contribution < -0.4 is 5.32 Å². The van der Waals surface area contributed by atoms with E-state index in [1.165, 1.54) is 19.6 Å². The predicted molar refractivity (Wildman–Crippen MR) is 129 cm³/mol. The SMILES string of the molecule is [B][P+]1(OCOC(C)=O)OC[C@H]2O[C@@H](n3cnc4c(NC(=O)CCC)ncnc43)[C@@H](OC(=O)CCC)[C@H]2O1. The number of nitrogens with zero attached hydrogens (tertiary/aromatic N) is 4. The van der Waals surface area contributed by atoms with Crippen LogP contribution in [0.3, 0.4) is 0 Å². The molecule has 0 spiro atoms. The fourth-order valence-electron chi connectivity index (χ4n) is 3.91. The van der Waals surface area contributed by atoms with Gasteiger partial charge in [-0.2, -0.15) is 13.6 Å². The van der Waals surface area contributed by atoms with E-state index in [0.29, 0.717) is 30.4 Å². The molecular formula is C21H28BN5O9P+. The van der Waals surface area contributed by atoms with Crippen LogP contribution in [-0.2, 0) is 42.2 Å². The Bertz CT molecular complexity index is 1150. The van der Waals surface area contributed by atoms with Crippen LogP contribution >= 0.6 is 7.82 Å². The average Bonchev–Trinajstić information content (AvgIpc) is 3.41. The van der Waals surface area contributed by atoms with E-state index >= 15 is 0 Å². The molecular weight excluding hydrogens is 508 g/mol. The number of fused-ring (bicyclic) bond motifs is 2. The topological polar surface area (TPSA) is 162 Å². The van der Waals surface area contributed by atoms with Crippen molar-refractivity contribution in [2.45, 2.75) is 71.0 Å². The molecule has 14 nitrogen and oxygen atoms in total. The Kier molecular flexibility index (Phi) is 8.70. The first kappa shape index (κ1) is 27.3. The van der Waals surface area contributed by atoms with Crippen molar-refractivity contribution < 1.29 is 42.2 Å². The van der Waals surface area contributed by atoms with Gasteiger partial charge in [0, 0.05) is 19.8 Å². The fraction of sp³-hybridized carbons (Fsp3) is 0.619. The van der Waals surface area contributed by atoms with Crippen LogP contribution in [0.4, 0.5) is 5.82 Å². The molecule has 198 valence electrons. The molecule has 2 aromatic heterocycles. The largest absolute Gasteiger partial charge is 0.488 e. The zero-order valence-electron chi connectivity index (χ0n) is 20.7. The minimum atomic E-state index is -3.41. The van der Waals surface area contributed by atoms with E-state index in [1.54, 1.807) is 4.57 Å². The Morgan fingerprint density at radius 3 is 2.73 bits per heavy atom. The first-order valence-electron chi connectivity index (χ1n) is 11.9. The minimum absolute atomic E-state index is 0.0206. The van der Waals surface area contributed by atoms with Gasteiger partial charge in [-0.3, -0.25) is 19.0 Å². The van der Waals surface area contributed by atoms with Crippen molar-refractivity contribution in [1.29, 1.82) is 0 Å². The Morgan fingerprint density at radius 2 is 2.00 bits per heavy atom. The Labute approximate surface area is 214 Å². The quantitative estimate of drug-likeness (QED) is 0.204. The summed E-state index contributed by atoms with van der Waals surface area (Å²) in [7, 11) is 2.76. The number of carbonyl (C=O) groups excluding carboxylic acids is 3. The third-order valence-electron chi connectivity index (χ3n) is 5.56. The van der Waals surface area contributed by atoms with Gasteiger partial charge >= 0.3 is 27.3 Å². The Balaban J connectivity index is 1.61. The molecule has 4 rings (SSSR count). The number of ether oxygens (including phenoxy) is 3. The fourth-order valence-corrected chi connectivity index (χ4v) is 5.26. The summed E-state index contributed by atoms with van der Waals surface area (Å²) >= 11 is 0. The molecule has 1 amide bonds. The lowest BCUT2D eigenvalue weighted by Gasteiger charge is -2.31. The van der Waals surface area contributed by atoms with Crippen LogP contribution in [-0.4, -0.2) is 76.6 Å². The van der Waals surface area contributed by atoms with Crippen molar-refractivity contribution >= 4 is 50.2 Å². The van der Waals surface area contributed by atoms with E-state index in [0.717, 1.165) is 0 Å². The van der Waals surface area contributed by atoms with Crippen LogP contribution in [0, 0.1) is 0 Å². The zero-order valence-corrected chi connectivity index (χ0v) is 21.6. The van der Waals surface area contributed by atoms with Gasteiger partial charge in [-0.15, -0.1) is 0 Å². The van der Waals surface area contributed by atoms with Crippen LogP contribution in [0.25, 0.3) is 11.2 Å². The maximum Gasteiger partial charge on any atom is 0.488 e. The second-order valence-electron chi connectivity index (χ2n) is 8.40.